The highest BCUT2D eigenvalue weighted by Gasteiger charge is 2.23. The fourth-order valence-electron chi connectivity index (χ4n) is 1.96. The first-order valence-corrected chi connectivity index (χ1v) is 7.37. The summed E-state index contributed by atoms with van der Waals surface area (Å²) >= 11 is 1.50. The number of esters is 1. The van der Waals surface area contributed by atoms with E-state index in [9.17, 15) is 9.59 Å². The molecule has 1 aromatic carbocycles. The molecule has 1 amide bonds. The highest BCUT2D eigenvalue weighted by Crippen LogP contribution is 2.28. The maximum absolute atomic E-state index is 12.0. The number of amides is 1. The lowest BCUT2D eigenvalue weighted by atomic mass is 10.2. The van der Waals surface area contributed by atoms with Gasteiger partial charge in [-0.05, 0) is 19.1 Å². The number of para-hydroxylation sites is 1. The zero-order valence-corrected chi connectivity index (χ0v) is 12.1. The van der Waals surface area contributed by atoms with Crippen LogP contribution in [-0.4, -0.2) is 22.6 Å². The quantitative estimate of drug-likeness (QED) is 0.881. The molecule has 2 aromatic rings. The molecule has 1 aromatic heterocycles. The zero-order chi connectivity index (χ0) is 14.8. The number of nitrogens with zero attached hydrogens (tertiary/aromatic N) is 2. The van der Waals surface area contributed by atoms with Crippen LogP contribution in [0.2, 0.25) is 0 Å². The van der Waals surface area contributed by atoms with Crippen molar-refractivity contribution in [2.24, 2.45) is 5.10 Å². The Bertz CT molecular complexity index is 705. The molecule has 0 saturated carbocycles. The summed E-state index contributed by atoms with van der Waals surface area (Å²) in [5.41, 5.74) is 3.41. The van der Waals surface area contributed by atoms with E-state index in [2.05, 4.69) is 15.5 Å². The van der Waals surface area contributed by atoms with Crippen LogP contribution >= 0.6 is 11.3 Å². The number of nitrogens with one attached hydrogen (secondary N) is 1. The number of aromatic nitrogens is 1. The minimum Gasteiger partial charge on any atom is -0.451 e. The molecular formula is C14H13N3O3S. The number of carbonyl (C=O) groups excluding carboxylic acids is 2. The number of rotatable bonds is 3. The topological polar surface area (TPSA) is 80.6 Å². The molecule has 0 spiro atoms. The van der Waals surface area contributed by atoms with Gasteiger partial charge in [0.2, 0.25) is 5.91 Å². The van der Waals surface area contributed by atoms with Crippen molar-refractivity contribution in [2.45, 2.75) is 25.9 Å². The van der Waals surface area contributed by atoms with Crippen molar-refractivity contribution in [3.8, 4) is 0 Å². The fraction of sp³-hybridized carbons (Fsp3) is 0.286. The van der Waals surface area contributed by atoms with Gasteiger partial charge in [-0.15, -0.1) is 11.3 Å². The van der Waals surface area contributed by atoms with Crippen molar-refractivity contribution >= 4 is 39.1 Å². The van der Waals surface area contributed by atoms with E-state index in [-0.39, 0.29) is 18.0 Å². The second-order valence-corrected chi connectivity index (χ2v) is 5.72. The smallest absolute Gasteiger partial charge is 0.355 e. The Balaban J connectivity index is 1.72. The number of hydrazone groups is 1. The molecule has 0 saturated heterocycles. The number of hydrogen-bond donors (Lipinski definition) is 1. The standard InChI is InChI=1S/C14H13N3O3S/c1-8(13-15-9-4-2-3-5-11(9)21-13)20-14(19)10-6-7-12(18)17-16-10/h2-5,8H,6-7H2,1H3,(H,17,18)/t8-/m1/s1. The van der Waals surface area contributed by atoms with Gasteiger partial charge in [-0.3, -0.25) is 4.79 Å². The first-order chi connectivity index (χ1) is 10.1. The average molecular weight is 303 g/mol. The molecule has 0 unspecified atom stereocenters. The maximum atomic E-state index is 12.0. The molecule has 2 heterocycles. The van der Waals surface area contributed by atoms with Gasteiger partial charge in [0, 0.05) is 12.8 Å². The minimum atomic E-state index is -0.512. The Morgan fingerprint density at radius 3 is 2.90 bits per heavy atom. The van der Waals surface area contributed by atoms with E-state index >= 15 is 0 Å². The normalized spacial score (nSPS) is 16.2. The molecule has 1 atom stereocenters. The summed E-state index contributed by atoms with van der Waals surface area (Å²) in [6.07, 6.45) is 0.107. The molecule has 0 bridgehead atoms. The lowest BCUT2D eigenvalue weighted by Gasteiger charge is -2.14. The van der Waals surface area contributed by atoms with Crippen LogP contribution in [0.3, 0.4) is 0 Å². The minimum absolute atomic E-state index is 0.189. The van der Waals surface area contributed by atoms with Gasteiger partial charge in [0.1, 0.15) is 10.7 Å². The Labute approximate surface area is 124 Å². The summed E-state index contributed by atoms with van der Waals surface area (Å²) in [5.74, 6) is -0.701. The Kier molecular flexibility index (Phi) is 3.66. The van der Waals surface area contributed by atoms with E-state index in [0.717, 1.165) is 15.2 Å². The van der Waals surface area contributed by atoms with Gasteiger partial charge in [-0.2, -0.15) is 5.10 Å². The predicted molar refractivity (Wildman–Crippen MR) is 78.9 cm³/mol. The SMILES string of the molecule is C[C@@H](OC(=O)C1=NNC(=O)CC1)c1nc2ccccc2s1. The molecule has 21 heavy (non-hydrogen) atoms. The van der Waals surface area contributed by atoms with Crippen molar-refractivity contribution in [1.29, 1.82) is 0 Å². The Morgan fingerprint density at radius 2 is 2.19 bits per heavy atom. The van der Waals surface area contributed by atoms with Crippen molar-refractivity contribution in [2.75, 3.05) is 0 Å². The van der Waals surface area contributed by atoms with Crippen molar-refractivity contribution in [3.63, 3.8) is 0 Å². The van der Waals surface area contributed by atoms with Crippen LogP contribution in [0.5, 0.6) is 0 Å². The van der Waals surface area contributed by atoms with Gasteiger partial charge in [0.05, 0.1) is 10.2 Å². The van der Waals surface area contributed by atoms with Gasteiger partial charge in [0.25, 0.3) is 0 Å². The van der Waals surface area contributed by atoms with E-state index in [1.54, 1.807) is 6.92 Å². The van der Waals surface area contributed by atoms with Crippen molar-refractivity contribution in [1.82, 2.24) is 10.4 Å². The maximum Gasteiger partial charge on any atom is 0.355 e. The number of fused-ring (bicyclic) bond motifs is 1. The molecule has 0 aliphatic carbocycles. The van der Waals surface area contributed by atoms with Crippen LogP contribution < -0.4 is 5.43 Å². The lowest BCUT2D eigenvalue weighted by Crippen LogP contribution is -2.31. The second-order valence-electron chi connectivity index (χ2n) is 4.66. The number of thiazole rings is 1. The first-order valence-electron chi connectivity index (χ1n) is 6.55. The van der Waals surface area contributed by atoms with Crippen molar-refractivity contribution in [3.05, 3.63) is 29.3 Å². The fourth-order valence-corrected chi connectivity index (χ4v) is 2.91. The summed E-state index contributed by atoms with van der Waals surface area (Å²) in [5, 5.41) is 4.47. The monoisotopic (exact) mass is 303 g/mol. The lowest BCUT2D eigenvalue weighted by molar-refractivity contribution is -0.140. The van der Waals surface area contributed by atoms with E-state index in [0.29, 0.717) is 6.42 Å². The molecule has 3 rings (SSSR count). The molecule has 6 nitrogen and oxygen atoms in total. The number of carbonyl (C=O) groups is 2. The van der Waals surface area contributed by atoms with Crippen LogP contribution in [0, 0.1) is 0 Å². The summed E-state index contributed by atoms with van der Waals surface area (Å²) in [6.45, 7) is 1.78. The Hall–Kier alpha value is -2.28. The number of hydrogen-bond acceptors (Lipinski definition) is 6. The molecular weight excluding hydrogens is 290 g/mol. The second kappa shape index (κ2) is 5.61. The largest absolute Gasteiger partial charge is 0.451 e. The molecule has 1 aliphatic heterocycles. The van der Waals surface area contributed by atoms with Crippen LogP contribution in [-0.2, 0) is 14.3 Å². The van der Waals surface area contributed by atoms with Gasteiger partial charge < -0.3 is 4.74 Å². The number of ether oxygens (including phenoxy) is 1. The molecule has 7 heteroatoms. The van der Waals surface area contributed by atoms with Crippen LogP contribution in [0.4, 0.5) is 0 Å². The van der Waals surface area contributed by atoms with Crippen molar-refractivity contribution < 1.29 is 14.3 Å². The van der Waals surface area contributed by atoms with E-state index in [1.807, 2.05) is 24.3 Å². The van der Waals surface area contributed by atoms with Gasteiger partial charge in [0.15, 0.2) is 6.10 Å². The van der Waals surface area contributed by atoms with Crippen LogP contribution in [0.1, 0.15) is 30.9 Å². The third kappa shape index (κ3) is 2.92. The summed E-state index contributed by atoms with van der Waals surface area (Å²) in [6, 6.07) is 7.76. The molecule has 108 valence electrons. The highest BCUT2D eigenvalue weighted by atomic mass is 32.1. The summed E-state index contributed by atoms with van der Waals surface area (Å²) < 4.78 is 6.42. The van der Waals surface area contributed by atoms with Gasteiger partial charge >= 0.3 is 5.97 Å². The molecule has 0 radical (unpaired) electrons. The number of benzene rings is 1. The van der Waals surface area contributed by atoms with E-state index in [1.165, 1.54) is 11.3 Å². The highest BCUT2D eigenvalue weighted by molar-refractivity contribution is 7.18. The van der Waals surface area contributed by atoms with E-state index in [4.69, 9.17) is 4.74 Å². The van der Waals surface area contributed by atoms with Crippen LogP contribution in [0.25, 0.3) is 10.2 Å². The predicted octanol–water partition coefficient (Wildman–Crippen LogP) is 2.17. The van der Waals surface area contributed by atoms with Crippen LogP contribution in [0.15, 0.2) is 29.4 Å². The zero-order valence-electron chi connectivity index (χ0n) is 11.3. The van der Waals surface area contributed by atoms with E-state index < -0.39 is 12.1 Å². The Morgan fingerprint density at radius 1 is 1.38 bits per heavy atom. The first kappa shape index (κ1) is 13.7. The molecule has 0 fully saturated rings. The third-order valence-corrected chi connectivity index (χ3v) is 4.28. The summed E-state index contributed by atoms with van der Waals surface area (Å²) in [4.78, 5) is 27.4. The summed E-state index contributed by atoms with van der Waals surface area (Å²) in [7, 11) is 0. The van der Waals surface area contributed by atoms with Gasteiger partial charge in [-0.25, -0.2) is 15.2 Å². The third-order valence-electron chi connectivity index (χ3n) is 3.08. The molecule has 1 aliphatic rings. The molecule has 1 N–H and O–H groups in total. The average Bonchev–Trinajstić information content (AvgIpc) is 2.92. The van der Waals surface area contributed by atoms with Gasteiger partial charge in [-0.1, -0.05) is 12.1 Å².